The van der Waals surface area contributed by atoms with Crippen LogP contribution in [0.4, 0.5) is 4.39 Å². The van der Waals surface area contributed by atoms with Crippen molar-refractivity contribution >= 4 is 11.6 Å². The Kier molecular flexibility index (Phi) is 2.56. The molecule has 0 fully saturated rings. The maximum absolute atomic E-state index is 13.0. The standard InChI is InChI=1S/C11H7ClFNO/c12-8-5-7(11(15)6-9(8)13)10-3-1-2-4-14-10/h1-6,15H. The SMILES string of the molecule is Oc1cc(F)c(Cl)cc1-c1ccccn1. The molecule has 0 aliphatic rings. The molecule has 1 aromatic carbocycles. The van der Waals surface area contributed by atoms with Crippen molar-refractivity contribution < 1.29 is 9.50 Å². The predicted octanol–water partition coefficient (Wildman–Crippen LogP) is 3.25. The second kappa shape index (κ2) is 3.87. The van der Waals surface area contributed by atoms with Gasteiger partial charge in [-0.25, -0.2) is 4.39 Å². The average Bonchev–Trinajstić information content (AvgIpc) is 2.25. The minimum Gasteiger partial charge on any atom is -0.507 e. The van der Waals surface area contributed by atoms with Crippen LogP contribution in [0.1, 0.15) is 0 Å². The maximum Gasteiger partial charge on any atom is 0.145 e. The van der Waals surface area contributed by atoms with Gasteiger partial charge in [0, 0.05) is 17.8 Å². The summed E-state index contributed by atoms with van der Waals surface area (Å²) in [4.78, 5) is 4.04. The molecule has 2 nitrogen and oxygen atoms in total. The summed E-state index contributed by atoms with van der Waals surface area (Å²) in [6.45, 7) is 0. The van der Waals surface area contributed by atoms with E-state index in [9.17, 15) is 9.50 Å². The van der Waals surface area contributed by atoms with Crippen LogP contribution in [0.15, 0.2) is 36.5 Å². The van der Waals surface area contributed by atoms with E-state index >= 15 is 0 Å². The third-order valence-corrected chi connectivity index (χ3v) is 2.27. The Labute approximate surface area is 91.0 Å². The van der Waals surface area contributed by atoms with Crippen LogP contribution >= 0.6 is 11.6 Å². The normalized spacial score (nSPS) is 10.3. The van der Waals surface area contributed by atoms with Crippen LogP contribution in [-0.4, -0.2) is 10.1 Å². The molecular weight excluding hydrogens is 217 g/mol. The molecule has 0 amide bonds. The highest BCUT2D eigenvalue weighted by atomic mass is 35.5. The number of halogens is 2. The molecule has 0 radical (unpaired) electrons. The summed E-state index contributed by atoms with van der Waals surface area (Å²) in [7, 11) is 0. The summed E-state index contributed by atoms with van der Waals surface area (Å²) in [6, 6.07) is 7.58. The second-order valence-corrected chi connectivity index (χ2v) is 3.41. The fourth-order valence-corrected chi connectivity index (χ4v) is 1.43. The lowest BCUT2D eigenvalue weighted by Crippen LogP contribution is -1.85. The minimum atomic E-state index is -0.645. The van der Waals surface area contributed by atoms with E-state index in [4.69, 9.17) is 11.6 Å². The quantitative estimate of drug-likeness (QED) is 0.805. The van der Waals surface area contributed by atoms with E-state index in [2.05, 4.69) is 4.98 Å². The van der Waals surface area contributed by atoms with Gasteiger partial charge in [0.25, 0.3) is 0 Å². The maximum atomic E-state index is 13.0. The lowest BCUT2D eigenvalue weighted by Gasteiger charge is -2.04. The van der Waals surface area contributed by atoms with Gasteiger partial charge in [0.1, 0.15) is 11.6 Å². The number of pyridine rings is 1. The van der Waals surface area contributed by atoms with Crippen molar-refractivity contribution in [1.29, 1.82) is 0 Å². The molecule has 0 atom stereocenters. The molecule has 1 aromatic heterocycles. The van der Waals surface area contributed by atoms with Crippen LogP contribution in [0, 0.1) is 5.82 Å². The highest BCUT2D eigenvalue weighted by Gasteiger charge is 2.09. The van der Waals surface area contributed by atoms with Crippen molar-refractivity contribution in [3.8, 4) is 17.0 Å². The number of aromatic hydroxyl groups is 1. The van der Waals surface area contributed by atoms with Gasteiger partial charge in [-0.3, -0.25) is 4.98 Å². The van der Waals surface area contributed by atoms with Crippen molar-refractivity contribution in [2.24, 2.45) is 0 Å². The van der Waals surface area contributed by atoms with Crippen LogP contribution < -0.4 is 0 Å². The monoisotopic (exact) mass is 223 g/mol. The molecule has 0 aliphatic heterocycles. The highest BCUT2D eigenvalue weighted by molar-refractivity contribution is 6.31. The number of phenolic OH excluding ortho intramolecular Hbond substituents is 1. The van der Waals surface area contributed by atoms with Gasteiger partial charge in [-0.15, -0.1) is 0 Å². The minimum absolute atomic E-state index is 0.0338. The summed E-state index contributed by atoms with van der Waals surface area (Å²) < 4.78 is 13.0. The fourth-order valence-electron chi connectivity index (χ4n) is 1.26. The Bertz CT molecular complexity index is 487. The van der Waals surface area contributed by atoms with E-state index in [-0.39, 0.29) is 10.8 Å². The van der Waals surface area contributed by atoms with Gasteiger partial charge < -0.3 is 5.11 Å². The molecule has 2 aromatic rings. The lowest BCUT2D eigenvalue weighted by atomic mass is 10.1. The third-order valence-electron chi connectivity index (χ3n) is 1.98. The van der Waals surface area contributed by atoms with E-state index < -0.39 is 5.82 Å². The van der Waals surface area contributed by atoms with E-state index in [0.29, 0.717) is 11.3 Å². The van der Waals surface area contributed by atoms with Crippen LogP contribution in [0.2, 0.25) is 5.02 Å². The number of hydrogen-bond acceptors (Lipinski definition) is 2. The van der Waals surface area contributed by atoms with Crippen LogP contribution in [-0.2, 0) is 0 Å². The zero-order valence-electron chi connectivity index (χ0n) is 7.61. The molecule has 0 saturated carbocycles. The molecule has 1 heterocycles. The first-order valence-electron chi connectivity index (χ1n) is 4.28. The van der Waals surface area contributed by atoms with Crippen LogP contribution in [0.3, 0.4) is 0 Å². The van der Waals surface area contributed by atoms with Gasteiger partial charge in [-0.2, -0.15) is 0 Å². The lowest BCUT2D eigenvalue weighted by molar-refractivity contribution is 0.471. The molecule has 76 valence electrons. The summed E-state index contributed by atoms with van der Waals surface area (Å²) in [5.41, 5.74) is 0.971. The third kappa shape index (κ3) is 1.92. The van der Waals surface area contributed by atoms with E-state index in [0.717, 1.165) is 6.07 Å². The molecule has 0 saturated heterocycles. The summed E-state index contributed by atoms with van der Waals surface area (Å²) >= 11 is 5.62. The van der Waals surface area contributed by atoms with Crippen molar-refractivity contribution in [3.05, 3.63) is 47.4 Å². The first-order chi connectivity index (χ1) is 7.18. The molecule has 4 heteroatoms. The molecule has 0 spiro atoms. The van der Waals surface area contributed by atoms with Crippen LogP contribution in [0.5, 0.6) is 5.75 Å². The van der Waals surface area contributed by atoms with Gasteiger partial charge in [0.15, 0.2) is 0 Å². The fraction of sp³-hybridized carbons (Fsp3) is 0. The Morgan fingerprint density at radius 1 is 1.27 bits per heavy atom. The second-order valence-electron chi connectivity index (χ2n) is 3.00. The number of nitrogens with zero attached hydrogens (tertiary/aromatic N) is 1. The Morgan fingerprint density at radius 2 is 2.07 bits per heavy atom. The average molecular weight is 224 g/mol. The first-order valence-corrected chi connectivity index (χ1v) is 4.65. The zero-order chi connectivity index (χ0) is 10.8. The number of phenols is 1. The van der Waals surface area contributed by atoms with Gasteiger partial charge in [0.05, 0.1) is 10.7 Å². The molecule has 1 N–H and O–H groups in total. The molecular formula is C11H7ClFNO. The highest BCUT2D eigenvalue weighted by Crippen LogP contribution is 2.31. The largest absolute Gasteiger partial charge is 0.507 e. The Balaban J connectivity index is 2.59. The molecule has 0 unspecified atom stereocenters. The summed E-state index contributed by atoms with van der Waals surface area (Å²) in [6.07, 6.45) is 1.59. The smallest absolute Gasteiger partial charge is 0.145 e. The van der Waals surface area contributed by atoms with E-state index in [1.165, 1.54) is 6.07 Å². The Morgan fingerprint density at radius 3 is 2.73 bits per heavy atom. The van der Waals surface area contributed by atoms with Crippen molar-refractivity contribution in [3.63, 3.8) is 0 Å². The molecule has 2 rings (SSSR count). The first kappa shape index (κ1) is 9.93. The summed E-state index contributed by atoms with van der Waals surface area (Å²) in [5, 5.41) is 9.50. The van der Waals surface area contributed by atoms with E-state index in [1.54, 1.807) is 24.4 Å². The van der Waals surface area contributed by atoms with Crippen LogP contribution in [0.25, 0.3) is 11.3 Å². The van der Waals surface area contributed by atoms with Gasteiger partial charge in [0.2, 0.25) is 0 Å². The number of hydrogen-bond donors (Lipinski definition) is 1. The molecule has 0 bridgehead atoms. The predicted molar refractivity (Wildman–Crippen MR) is 56.3 cm³/mol. The topological polar surface area (TPSA) is 33.1 Å². The molecule has 15 heavy (non-hydrogen) atoms. The zero-order valence-corrected chi connectivity index (χ0v) is 8.37. The van der Waals surface area contributed by atoms with Gasteiger partial charge >= 0.3 is 0 Å². The molecule has 0 aliphatic carbocycles. The van der Waals surface area contributed by atoms with Crippen molar-refractivity contribution in [1.82, 2.24) is 4.98 Å². The van der Waals surface area contributed by atoms with Gasteiger partial charge in [-0.1, -0.05) is 17.7 Å². The van der Waals surface area contributed by atoms with Crippen molar-refractivity contribution in [2.75, 3.05) is 0 Å². The number of benzene rings is 1. The van der Waals surface area contributed by atoms with E-state index in [1.807, 2.05) is 0 Å². The Hall–Kier alpha value is -1.61. The number of rotatable bonds is 1. The summed E-state index contributed by atoms with van der Waals surface area (Å²) in [5.74, 6) is -0.815. The number of aromatic nitrogens is 1. The van der Waals surface area contributed by atoms with Crippen molar-refractivity contribution in [2.45, 2.75) is 0 Å². The van der Waals surface area contributed by atoms with Gasteiger partial charge in [-0.05, 0) is 18.2 Å².